The molecule has 1 rings (SSSR count). The molecule has 1 aromatic rings. The molecule has 0 amide bonds. The number of esters is 1. The lowest BCUT2D eigenvalue weighted by Crippen LogP contribution is -1.96. The molecule has 15 heavy (non-hydrogen) atoms. The zero-order valence-corrected chi connectivity index (χ0v) is 8.72. The SMILES string of the molecule is COC(=O)C/C=C\C=C\c1ccccc1. The van der Waals surface area contributed by atoms with E-state index in [0.29, 0.717) is 6.42 Å². The molecule has 0 radical (unpaired) electrons. The van der Waals surface area contributed by atoms with Gasteiger partial charge in [-0.15, -0.1) is 0 Å². The Kier molecular flexibility index (Phi) is 4.95. The average molecular weight is 202 g/mol. The topological polar surface area (TPSA) is 26.3 Å². The van der Waals surface area contributed by atoms with Crippen molar-refractivity contribution in [3.63, 3.8) is 0 Å². The molecular weight excluding hydrogens is 188 g/mol. The first kappa shape index (κ1) is 11.2. The number of carbonyl (C=O) groups excluding carboxylic acids is 1. The molecule has 0 fully saturated rings. The van der Waals surface area contributed by atoms with Gasteiger partial charge < -0.3 is 4.74 Å². The Bertz CT molecular complexity index is 350. The highest BCUT2D eigenvalue weighted by Gasteiger charge is 1.91. The maximum atomic E-state index is 10.7. The summed E-state index contributed by atoms with van der Waals surface area (Å²) in [5.41, 5.74) is 1.14. The third-order valence-electron chi connectivity index (χ3n) is 1.85. The Hall–Kier alpha value is -1.83. The van der Waals surface area contributed by atoms with Crippen LogP contribution >= 0.6 is 0 Å². The summed E-state index contributed by atoms with van der Waals surface area (Å²) in [7, 11) is 1.38. The molecule has 78 valence electrons. The molecule has 0 aliphatic heterocycles. The quantitative estimate of drug-likeness (QED) is 0.554. The van der Waals surface area contributed by atoms with Gasteiger partial charge in [0.25, 0.3) is 0 Å². The Morgan fingerprint density at radius 3 is 2.67 bits per heavy atom. The van der Waals surface area contributed by atoms with Crippen LogP contribution < -0.4 is 0 Å². The van der Waals surface area contributed by atoms with Crippen LogP contribution in [0.3, 0.4) is 0 Å². The van der Waals surface area contributed by atoms with Crippen LogP contribution in [0.1, 0.15) is 12.0 Å². The van der Waals surface area contributed by atoms with E-state index < -0.39 is 0 Å². The van der Waals surface area contributed by atoms with Crippen molar-refractivity contribution in [2.45, 2.75) is 6.42 Å². The first-order valence-corrected chi connectivity index (χ1v) is 4.78. The molecule has 0 aromatic heterocycles. The maximum Gasteiger partial charge on any atom is 0.309 e. The lowest BCUT2D eigenvalue weighted by molar-refractivity contribution is -0.139. The number of benzene rings is 1. The van der Waals surface area contributed by atoms with Crippen molar-refractivity contribution in [1.29, 1.82) is 0 Å². The summed E-state index contributed by atoms with van der Waals surface area (Å²) in [4.78, 5) is 10.7. The first-order valence-electron chi connectivity index (χ1n) is 4.78. The molecule has 0 N–H and O–H groups in total. The lowest BCUT2D eigenvalue weighted by atomic mass is 10.2. The van der Waals surface area contributed by atoms with Crippen molar-refractivity contribution in [2.75, 3.05) is 7.11 Å². The van der Waals surface area contributed by atoms with Crippen molar-refractivity contribution in [2.24, 2.45) is 0 Å². The smallest absolute Gasteiger partial charge is 0.309 e. The fraction of sp³-hybridized carbons (Fsp3) is 0.154. The molecule has 0 heterocycles. The molecule has 2 heteroatoms. The minimum Gasteiger partial charge on any atom is -0.469 e. The van der Waals surface area contributed by atoms with Gasteiger partial charge in [-0.25, -0.2) is 0 Å². The summed E-state index contributed by atoms with van der Waals surface area (Å²) in [6.45, 7) is 0. The normalized spacial score (nSPS) is 11.0. The van der Waals surface area contributed by atoms with Crippen LogP contribution in [0.4, 0.5) is 0 Å². The number of allylic oxidation sites excluding steroid dienone is 2. The summed E-state index contributed by atoms with van der Waals surface area (Å²) in [5.74, 6) is -0.223. The van der Waals surface area contributed by atoms with Crippen LogP contribution in [0.25, 0.3) is 6.08 Å². The molecule has 2 nitrogen and oxygen atoms in total. The van der Waals surface area contributed by atoms with Crippen LogP contribution in [0.2, 0.25) is 0 Å². The van der Waals surface area contributed by atoms with Crippen LogP contribution in [-0.4, -0.2) is 13.1 Å². The van der Waals surface area contributed by atoms with Gasteiger partial charge in [0.2, 0.25) is 0 Å². The third-order valence-corrected chi connectivity index (χ3v) is 1.85. The van der Waals surface area contributed by atoms with Gasteiger partial charge in [-0.1, -0.05) is 54.6 Å². The predicted molar refractivity (Wildman–Crippen MR) is 61.2 cm³/mol. The highest BCUT2D eigenvalue weighted by Crippen LogP contribution is 2.00. The largest absolute Gasteiger partial charge is 0.469 e. The second kappa shape index (κ2) is 6.60. The molecule has 0 aliphatic carbocycles. The summed E-state index contributed by atoms with van der Waals surface area (Å²) in [6.07, 6.45) is 7.80. The molecule has 0 aliphatic rings. The van der Waals surface area contributed by atoms with E-state index in [0.717, 1.165) is 5.56 Å². The van der Waals surface area contributed by atoms with Crippen molar-refractivity contribution < 1.29 is 9.53 Å². The van der Waals surface area contributed by atoms with E-state index >= 15 is 0 Å². The summed E-state index contributed by atoms with van der Waals surface area (Å²) in [5, 5.41) is 0. The lowest BCUT2D eigenvalue weighted by Gasteiger charge is -1.91. The third kappa shape index (κ3) is 4.81. The Balaban J connectivity index is 2.37. The first-order chi connectivity index (χ1) is 7.33. The van der Waals surface area contributed by atoms with E-state index in [4.69, 9.17) is 0 Å². The highest BCUT2D eigenvalue weighted by molar-refractivity contribution is 5.71. The Labute approximate surface area is 89.9 Å². The van der Waals surface area contributed by atoms with Gasteiger partial charge in [-0.2, -0.15) is 0 Å². The van der Waals surface area contributed by atoms with Gasteiger partial charge in [0.15, 0.2) is 0 Å². The number of hydrogen-bond acceptors (Lipinski definition) is 2. The zero-order chi connectivity index (χ0) is 10.9. The number of hydrogen-bond donors (Lipinski definition) is 0. The standard InChI is InChI=1S/C13H14O2/c1-15-13(14)11-7-3-6-10-12-8-4-2-5-9-12/h2-10H,11H2,1H3/b7-3-,10-6+. The predicted octanol–water partition coefficient (Wildman–Crippen LogP) is 2.82. The Morgan fingerprint density at radius 1 is 1.27 bits per heavy atom. The van der Waals surface area contributed by atoms with E-state index in [-0.39, 0.29) is 5.97 Å². The van der Waals surface area contributed by atoms with Gasteiger partial charge in [-0.05, 0) is 5.56 Å². The monoisotopic (exact) mass is 202 g/mol. The van der Waals surface area contributed by atoms with E-state index in [1.54, 1.807) is 6.08 Å². The van der Waals surface area contributed by atoms with Crippen molar-refractivity contribution >= 4 is 12.0 Å². The van der Waals surface area contributed by atoms with Gasteiger partial charge in [0.1, 0.15) is 0 Å². The van der Waals surface area contributed by atoms with E-state index in [2.05, 4.69) is 4.74 Å². The van der Waals surface area contributed by atoms with Crippen LogP contribution in [0.15, 0.2) is 48.6 Å². The fourth-order valence-corrected chi connectivity index (χ4v) is 1.06. The highest BCUT2D eigenvalue weighted by atomic mass is 16.5. The van der Waals surface area contributed by atoms with Gasteiger partial charge in [0.05, 0.1) is 13.5 Å². The molecule has 0 unspecified atom stereocenters. The second-order valence-electron chi connectivity index (χ2n) is 2.98. The summed E-state index contributed by atoms with van der Waals surface area (Å²) >= 11 is 0. The van der Waals surface area contributed by atoms with E-state index in [9.17, 15) is 4.79 Å². The number of rotatable bonds is 4. The molecule has 0 saturated heterocycles. The van der Waals surface area contributed by atoms with Crippen molar-refractivity contribution in [1.82, 2.24) is 0 Å². The number of ether oxygens (including phenoxy) is 1. The fourth-order valence-electron chi connectivity index (χ4n) is 1.06. The van der Waals surface area contributed by atoms with Crippen LogP contribution in [0, 0.1) is 0 Å². The van der Waals surface area contributed by atoms with Gasteiger partial charge in [-0.3, -0.25) is 4.79 Å². The Morgan fingerprint density at radius 2 is 2.00 bits per heavy atom. The molecular formula is C13H14O2. The minimum absolute atomic E-state index is 0.223. The van der Waals surface area contributed by atoms with Crippen molar-refractivity contribution in [3.8, 4) is 0 Å². The van der Waals surface area contributed by atoms with E-state index in [1.165, 1.54) is 7.11 Å². The molecule has 0 spiro atoms. The molecule has 0 bridgehead atoms. The van der Waals surface area contributed by atoms with E-state index in [1.807, 2.05) is 48.6 Å². The summed E-state index contributed by atoms with van der Waals surface area (Å²) < 4.78 is 4.50. The molecule has 0 atom stereocenters. The second-order valence-corrected chi connectivity index (χ2v) is 2.98. The zero-order valence-electron chi connectivity index (χ0n) is 8.72. The van der Waals surface area contributed by atoms with Crippen LogP contribution in [-0.2, 0) is 9.53 Å². The summed E-state index contributed by atoms with van der Waals surface area (Å²) in [6, 6.07) is 9.98. The van der Waals surface area contributed by atoms with Gasteiger partial charge in [0, 0.05) is 0 Å². The molecule has 0 saturated carbocycles. The number of methoxy groups -OCH3 is 1. The van der Waals surface area contributed by atoms with Crippen LogP contribution in [0.5, 0.6) is 0 Å². The molecule has 1 aromatic carbocycles. The minimum atomic E-state index is -0.223. The van der Waals surface area contributed by atoms with Crippen molar-refractivity contribution in [3.05, 3.63) is 54.1 Å². The maximum absolute atomic E-state index is 10.7. The average Bonchev–Trinajstić information content (AvgIpc) is 2.29. The number of carbonyl (C=O) groups is 1. The van der Waals surface area contributed by atoms with Gasteiger partial charge >= 0.3 is 5.97 Å².